The maximum atomic E-state index is 6.18. The zero-order valence-electron chi connectivity index (χ0n) is 18.8. The second-order valence-electron chi connectivity index (χ2n) is 8.05. The summed E-state index contributed by atoms with van der Waals surface area (Å²) in [5.74, 6) is 3.47. The Bertz CT molecular complexity index is 1240. The van der Waals surface area contributed by atoms with E-state index >= 15 is 0 Å². The second-order valence-corrected chi connectivity index (χ2v) is 8.05. The highest BCUT2D eigenvalue weighted by molar-refractivity contribution is 5.70. The van der Waals surface area contributed by atoms with E-state index in [2.05, 4.69) is 30.4 Å². The number of rotatable bonds is 8. The van der Waals surface area contributed by atoms with Gasteiger partial charge in [-0.1, -0.05) is 24.3 Å². The smallest absolute Gasteiger partial charge is 0.224 e. The minimum atomic E-state index is 0.408. The molecule has 2 atom stereocenters. The Morgan fingerprint density at radius 1 is 1.03 bits per heavy atom. The maximum Gasteiger partial charge on any atom is 0.224 e. The summed E-state index contributed by atoms with van der Waals surface area (Å²) in [6.07, 6.45) is 4.63. The van der Waals surface area contributed by atoms with E-state index < -0.39 is 0 Å². The number of benzene rings is 1. The van der Waals surface area contributed by atoms with Gasteiger partial charge in [-0.3, -0.25) is 4.98 Å². The summed E-state index contributed by atoms with van der Waals surface area (Å²) >= 11 is 0. The Morgan fingerprint density at radius 2 is 1.85 bits per heavy atom. The first-order valence-corrected chi connectivity index (χ1v) is 11.0. The summed E-state index contributed by atoms with van der Waals surface area (Å²) in [4.78, 5) is 15.0. The first-order chi connectivity index (χ1) is 16.1. The van der Waals surface area contributed by atoms with Gasteiger partial charge in [-0.2, -0.15) is 9.78 Å². The van der Waals surface area contributed by atoms with Crippen molar-refractivity contribution in [1.29, 1.82) is 0 Å². The van der Waals surface area contributed by atoms with Crippen LogP contribution >= 0.6 is 0 Å². The zero-order valence-corrected chi connectivity index (χ0v) is 18.8. The van der Waals surface area contributed by atoms with Gasteiger partial charge in [0.25, 0.3) is 0 Å². The summed E-state index contributed by atoms with van der Waals surface area (Å²) in [6.45, 7) is 5.11. The number of hydrogen-bond donors (Lipinski definition) is 0. The van der Waals surface area contributed by atoms with E-state index in [0.29, 0.717) is 42.5 Å². The number of hydrogen-bond acceptors (Lipinski definition) is 8. The van der Waals surface area contributed by atoms with E-state index in [4.69, 9.17) is 9.47 Å². The fourth-order valence-corrected chi connectivity index (χ4v) is 3.76. The van der Waals surface area contributed by atoms with Gasteiger partial charge in [-0.05, 0) is 43.2 Å². The van der Waals surface area contributed by atoms with Crippen LogP contribution in [0, 0.1) is 12.8 Å². The van der Waals surface area contributed by atoms with Crippen molar-refractivity contribution in [3.05, 3.63) is 60.3 Å². The normalized spacial score (nSPS) is 17.1. The van der Waals surface area contributed by atoms with Gasteiger partial charge in [0.15, 0.2) is 0 Å². The Kier molecular flexibility index (Phi) is 5.68. The van der Waals surface area contributed by atoms with Crippen molar-refractivity contribution >= 4 is 0 Å². The van der Waals surface area contributed by atoms with E-state index in [0.717, 1.165) is 34.6 Å². The number of ether oxygens (including phenoxy) is 2. The van der Waals surface area contributed by atoms with E-state index in [1.807, 2.05) is 56.4 Å². The van der Waals surface area contributed by atoms with Gasteiger partial charge in [-0.15, -0.1) is 10.2 Å². The predicted octanol–water partition coefficient (Wildman–Crippen LogP) is 3.71. The molecule has 0 bridgehead atoms. The number of aryl methyl sites for hydroxylation is 2. The van der Waals surface area contributed by atoms with Crippen LogP contribution in [0.4, 0.5) is 0 Å². The van der Waals surface area contributed by atoms with Gasteiger partial charge in [-0.25, -0.2) is 4.98 Å². The highest BCUT2D eigenvalue weighted by Crippen LogP contribution is 2.47. The van der Waals surface area contributed by atoms with E-state index in [-0.39, 0.29) is 0 Å². The lowest BCUT2D eigenvalue weighted by atomic mass is 10.1. The molecule has 0 N–H and O–H groups in total. The van der Waals surface area contributed by atoms with Gasteiger partial charge in [0.05, 0.1) is 32.0 Å². The van der Waals surface area contributed by atoms with Crippen LogP contribution in [0.1, 0.15) is 30.8 Å². The molecule has 1 aromatic carbocycles. The lowest BCUT2D eigenvalue weighted by Gasteiger charge is -2.11. The Morgan fingerprint density at radius 3 is 2.55 bits per heavy atom. The summed E-state index contributed by atoms with van der Waals surface area (Å²) < 4.78 is 11.4. The van der Waals surface area contributed by atoms with Crippen LogP contribution in [0.3, 0.4) is 0 Å². The van der Waals surface area contributed by atoms with Crippen molar-refractivity contribution < 1.29 is 9.47 Å². The first kappa shape index (κ1) is 21.0. The standard InChI is InChI=1S/C24H25N7O2/c1-4-31-29-23(28-30-31)17-7-5-16(6-8-17)21-13-25-15(2)27-24(21)33-14-18-11-20(18)22-10-9-19(32-3)12-26-22/h5-10,12-13,18,20H,4,11,14H2,1-3H3/t18-,20+/m1/s1. The minimum absolute atomic E-state index is 0.408. The SMILES string of the molecule is CCn1nnc(-c2ccc(-c3cnc(C)nc3OC[C@H]3C[C@@H]3c3ccc(OC)cn3)cc2)n1. The highest BCUT2D eigenvalue weighted by atomic mass is 16.5. The molecule has 33 heavy (non-hydrogen) atoms. The van der Waals surface area contributed by atoms with E-state index in [9.17, 15) is 0 Å². The summed E-state index contributed by atoms with van der Waals surface area (Å²) in [6, 6.07) is 11.9. The van der Waals surface area contributed by atoms with Gasteiger partial charge >= 0.3 is 0 Å². The highest BCUT2D eigenvalue weighted by Gasteiger charge is 2.40. The maximum absolute atomic E-state index is 6.18. The van der Waals surface area contributed by atoms with Crippen molar-refractivity contribution in [3.63, 3.8) is 0 Å². The van der Waals surface area contributed by atoms with Crippen LogP contribution in [0.25, 0.3) is 22.5 Å². The molecule has 1 fully saturated rings. The molecule has 168 valence electrons. The zero-order chi connectivity index (χ0) is 22.8. The molecule has 0 saturated heterocycles. The summed E-state index contributed by atoms with van der Waals surface area (Å²) in [5.41, 5.74) is 3.81. The first-order valence-electron chi connectivity index (χ1n) is 11.0. The van der Waals surface area contributed by atoms with Crippen molar-refractivity contribution in [1.82, 2.24) is 35.2 Å². The Hall–Kier alpha value is -3.88. The van der Waals surface area contributed by atoms with Crippen LogP contribution in [0.15, 0.2) is 48.8 Å². The number of methoxy groups -OCH3 is 1. The van der Waals surface area contributed by atoms with Crippen molar-refractivity contribution in [2.24, 2.45) is 5.92 Å². The molecule has 1 aliphatic carbocycles. The van der Waals surface area contributed by atoms with E-state index in [1.54, 1.807) is 18.1 Å². The molecule has 4 aromatic rings. The van der Waals surface area contributed by atoms with Crippen LogP contribution in [-0.2, 0) is 6.54 Å². The van der Waals surface area contributed by atoms with Gasteiger partial charge < -0.3 is 9.47 Å². The molecule has 9 nitrogen and oxygen atoms in total. The molecular weight excluding hydrogens is 418 g/mol. The lowest BCUT2D eigenvalue weighted by molar-refractivity contribution is 0.285. The number of tetrazole rings is 1. The number of aromatic nitrogens is 7. The predicted molar refractivity (Wildman–Crippen MR) is 122 cm³/mol. The third-order valence-corrected chi connectivity index (χ3v) is 5.80. The van der Waals surface area contributed by atoms with Crippen LogP contribution in [0.2, 0.25) is 0 Å². The molecule has 0 aliphatic heterocycles. The molecule has 0 amide bonds. The molecule has 9 heteroatoms. The second kappa shape index (κ2) is 8.93. The molecule has 1 saturated carbocycles. The summed E-state index contributed by atoms with van der Waals surface area (Å²) in [5, 5.41) is 12.5. The molecule has 0 unspecified atom stereocenters. The largest absolute Gasteiger partial charge is 0.495 e. The summed E-state index contributed by atoms with van der Waals surface area (Å²) in [7, 11) is 1.65. The monoisotopic (exact) mass is 443 g/mol. The fourth-order valence-electron chi connectivity index (χ4n) is 3.76. The van der Waals surface area contributed by atoms with Crippen LogP contribution in [-0.4, -0.2) is 48.9 Å². The number of nitrogens with zero attached hydrogens (tertiary/aromatic N) is 7. The third-order valence-electron chi connectivity index (χ3n) is 5.80. The molecular formula is C24H25N7O2. The van der Waals surface area contributed by atoms with Gasteiger partial charge in [0, 0.05) is 29.3 Å². The molecule has 5 rings (SSSR count). The molecule has 3 heterocycles. The van der Waals surface area contributed by atoms with Crippen molar-refractivity contribution in [3.8, 4) is 34.1 Å². The average Bonchev–Trinajstić information content (AvgIpc) is 3.48. The quantitative estimate of drug-likeness (QED) is 0.406. The molecule has 0 spiro atoms. The minimum Gasteiger partial charge on any atom is -0.495 e. The van der Waals surface area contributed by atoms with Gasteiger partial charge in [0.1, 0.15) is 11.6 Å². The average molecular weight is 444 g/mol. The van der Waals surface area contributed by atoms with E-state index in [1.165, 1.54) is 0 Å². The fraction of sp³-hybridized carbons (Fsp3) is 0.333. The van der Waals surface area contributed by atoms with Crippen LogP contribution in [0.5, 0.6) is 11.6 Å². The van der Waals surface area contributed by atoms with Gasteiger partial charge in [0.2, 0.25) is 11.7 Å². The number of pyridine rings is 1. The van der Waals surface area contributed by atoms with Crippen molar-refractivity contribution in [2.75, 3.05) is 13.7 Å². The Balaban J connectivity index is 1.29. The Labute approximate surface area is 191 Å². The molecule has 3 aromatic heterocycles. The molecule has 0 radical (unpaired) electrons. The molecule has 1 aliphatic rings. The van der Waals surface area contributed by atoms with Crippen LogP contribution < -0.4 is 9.47 Å². The topological polar surface area (TPSA) is 101 Å². The van der Waals surface area contributed by atoms with Crippen molar-refractivity contribution in [2.45, 2.75) is 32.7 Å². The third kappa shape index (κ3) is 4.52. The lowest BCUT2D eigenvalue weighted by Crippen LogP contribution is -2.05.